The molecular formula is C19H22F3IN4O3. The molecule has 0 heterocycles. The van der Waals surface area contributed by atoms with Crippen LogP contribution < -0.4 is 15.4 Å². The molecule has 0 aliphatic rings. The summed E-state index contributed by atoms with van der Waals surface area (Å²) in [5.74, 6) is 0.530. The van der Waals surface area contributed by atoms with Crippen molar-refractivity contribution in [3.05, 3.63) is 69.3 Å². The average molecular weight is 538 g/mol. The number of hydrogen-bond acceptors (Lipinski definition) is 4. The van der Waals surface area contributed by atoms with E-state index in [1.807, 2.05) is 0 Å². The molecule has 0 aromatic heterocycles. The van der Waals surface area contributed by atoms with Gasteiger partial charge in [-0.05, 0) is 24.1 Å². The second kappa shape index (κ2) is 11.6. The number of benzene rings is 2. The van der Waals surface area contributed by atoms with E-state index in [-0.39, 0.29) is 48.5 Å². The number of rotatable bonds is 7. The van der Waals surface area contributed by atoms with Gasteiger partial charge in [0.1, 0.15) is 5.75 Å². The summed E-state index contributed by atoms with van der Waals surface area (Å²) in [6, 6.07) is 11.2. The van der Waals surface area contributed by atoms with E-state index in [2.05, 4.69) is 15.6 Å². The second-order valence-electron chi connectivity index (χ2n) is 6.22. The van der Waals surface area contributed by atoms with Crippen LogP contribution in [0.1, 0.15) is 16.7 Å². The van der Waals surface area contributed by atoms with E-state index in [0.717, 1.165) is 5.56 Å². The third kappa shape index (κ3) is 8.43. The lowest BCUT2D eigenvalue weighted by Gasteiger charge is -2.16. The lowest BCUT2D eigenvalue weighted by molar-refractivity contribution is -0.384. The van der Waals surface area contributed by atoms with E-state index >= 15 is 0 Å². The lowest BCUT2D eigenvalue weighted by Crippen LogP contribution is -2.36. The number of nitrogens with zero attached hydrogens (tertiary/aromatic N) is 2. The van der Waals surface area contributed by atoms with Crippen molar-refractivity contribution in [1.29, 1.82) is 0 Å². The molecule has 2 N–H and O–H groups in total. The summed E-state index contributed by atoms with van der Waals surface area (Å²) < 4.78 is 42.3. The lowest BCUT2D eigenvalue weighted by atomic mass is 10.1. The number of halogens is 4. The Morgan fingerprint density at radius 3 is 2.50 bits per heavy atom. The summed E-state index contributed by atoms with van der Waals surface area (Å²) >= 11 is 0. The second-order valence-corrected chi connectivity index (χ2v) is 6.22. The van der Waals surface area contributed by atoms with Gasteiger partial charge in [0.25, 0.3) is 5.69 Å². The van der Waals surface area contributed by atoms with Gasteiger partial charge >= 0.3 is 6.18 Å². The molecule has 164 valence electrons. The highest BCUT2D eigenvalue weighted by Crippen LogP contribution is 2.23. The fourth-order valence-corrected chi connectivity index (χ4v) is 2.47. The summed E-state index contributed by atoms with van der Waals surface area (Å²) in [6.07, 6.45) is -4.43. The van der Waals surface area contributed by atoms with Crippen LogP contribution in [0.25, 0.3) is 0 Å². The number of aryl methyl sites for hydroxylation is 1. The van der Waals surface area contributed by atoms with Gasteiger partial charge in [-0.15, -0.1) is 24.0 Å². The van der Waals surface area contributed by atoms with Gasteiger partial charge in [0.05, 0.1) is 4.92 Å². The van der Waals surface area contributed by atoms with E-state index < -0.39 is 17.7 Å². The fourth-order valence-electron chi connectivity index (χ4n) is 2.47. The van der Waals surface area contributed by atoms with E-state index in [0.29, 0.717) is 17.1 Å². The zero-order valence-electron chi connectivity index (χ0n) is 16.3. The van der Waals surface area contributed by atoms with Crippen LogP contribution in [0.3, 0.4) is 0 Å². The predicted molar refractivity (Wildman–Crippen MR) is 118 cm³/mol. The molecule has 2 aromatic rings. The van der Waals surface area contributed by atoms with Gasteiger partial charge in [0.15, 0.2) is 12.6 Å². The van der Waals surface area contributed by atoms with Crippen LogP contribution >= 0.6 is 24.0 Å². The van der Waals surface area contributed by atoms with Crippen molar-refractivity contribution in [3.8, 4) is 5.75 Å². The number of alkyl halides is 3. The molecule has 0 fully saturated rings. The minimum atomic E-state index is -4.43. The van der Waals surface area contributed by atoms with Crippen molar-refractivity contribution in [1.82, 2.24) is 10.6 Å². The SMILES string of the molecule is CN=C(NCc1cccc([N+](=O)[O-])c1)NCc1ccc(C)cc1OCC(F)(F)F.I. The summed E-state index contributed by atoms with van der Waals surface area (Å²) in [5, 5.41) is 16.8. The van der Waals surface area contributed by atoms with Gasteiger partial charge < -0.3 is 15.4 Å². The number of non-ortho nitro benzene ring substituents is 1. The van der Waals surface area contributed by atoms with Gasteiger partial charge in [-0.1, -0.05) is 24.3 Å². The number of nitro groups is 1. The highest BCUT2D eigenvalue weighted by Gasteiger charge is 2.28. The zero-order valence-corrected chi connectivity index (χ0v) is 18.7. The first-order chi connectivity index (χ1) is 13.7. The molecule has 0 saturated heterocycles. The van der Waals surface area contributed by atoms with E-state index in [1.165, 1.54) is 12.1 Å². The summed E-state index contributed by atoms with van der Waals surface area (Å²) in [4.78, 5) is 14.4. The molecule has 2 rings (SSSR count). The number of hydrogen-bond donors (Lipinski definition) is 2. The monoisotopic (exact) mass is 538 g/mol. The van der Waals surface area contributed by atoms with Crippen LogP contribution in [0.2, 0.25) is 0 Å². The first kappa shape index (κ1) is 25.5. The van der Waals surface area contributed by atoms with Gasteiger partial charge in [-0.25, -0.2) is 0 Å². The van der Waals surface area contributed by atoms with Gasteiger partial charge in [-0.3, -0.25) is 15.1 Å². The molecule has 0 radical (unpaired) electrons. The Balaban J connectivity index is 0.00000450. The normalized spacial score (nSPS) is 11.4. The first-order valence-corrected chi connectivity index (χ1v) is 8.65. The first-order valence-electron chi connectivity index (χ1n) is 8.65. The standard InChI is InChI=1S/C19H21F3N4O3.HI/c1-13-6-7-15(17(8-13)29-12-19(20,21)22)11-25-18(23-2)24-10-14-4-3-5-16(9-14)26(27)28;/h3-9H,10-12H2,1-2H3,(H2,23,24,25);1H. The molecule has 0 saturated carbocycles. The van der Waals surface area contributed by atoms with E-state index in [4.69, 9.17) is 4.74 Å². The average Bonchev–Trinajstić information content (AvgIpc) is 2.67. The van der Waals surface area contributed by atoms with Crippen LogP contribution in [0, 0.1) is 17.0 Å². The van der Waals surface area contributed by atoms with Gasteiger partial charge in [-0.2, -0.15) is 13.2 Å². The van der Waals surface area contributed by atoms with E-state index in [9.17, 15) is 23.3 Å². The molecule has 11 heteroatoms. The third-order valence-corrected chi connectivity index (χ3v) is 3.87. The summed E-state index contributed by atoms with van der Waals surface area (Å²) in [5.41, 5.74) is 1.99. The highest BCUT2D eigenvalue weighted by molar-refractivity contribution is 14.0. The fraction of sp³-hybridized carbons (Fsp3) is 0.316. The molecule has 0 unspecified atom stereocenters. The molecule has 0 spiro atoms. The maximum absolute atomic E-state index is 12.5. The topological polar surface area (TPSA) is 88.8 Å². The van der Waals surface area contributed by atoms with E-state index in [1.54, 1.807) is 44.3 Å². The smallest absolute Gasteiger partial charge is 0.422 e. The number of aliphatic imine (C=N–C) groups is 1. The van der Waals surface area contributed by atoms with Crippen molar-refractivity contribution >= 4 is 35.6 Å². The molecule has 0 aliphatic carbocycles. The Morgan fingerprint density at radius 1 is 1.17 bits per heavy atom. The minimum Gasteiger partial charge on any atom is -0.484 e. The van der Waals surface area contributed by atoms with Crippen LogP contribution in [-0.4, -0.2) is 30.7 Å². The predicted octanol–water partition coefficient (Wildman–Crippen LogP) is 4.33. The Labute approximate surface area is 188 Å². The quantitative estimate of drug-likeness (QED) is 0.180. The van der Waals surface area contributed by atoms with Crippen molar-refractivity contribution in [2.45, 2.75) is 26.2 Å². The molecular weight excluding hydrogens is 516 g/mol. The van der Waals surface area contributed by atoms with Crippen molar-refractivity contribution in [2.75, 3.05) is 13.7 Å². The van der Waals surface area contributed by atoms with Crippen molar-refractivity contribution in [2.24, 2.45) is 4.99 Å². The van der Waals surface area contributed by atoms with Crippen LogP contribution in [0.5, 0.6) is 5.75 Å². The minimum absolute atomic E-state index is 0. The Morgan fingerprint density at radius 2 is 1.87 bits per heavy atom. The third-order valence-electron chi connectivity index (χ3n) is 3.87. The zero-order chi connectivity index (χ0) is 21.4. The molecule has 0 aliphatic heterocycles. The van der Waals surface area contributed by atoms with Crippen molar-refractivity contribution in [3.63, 3.8) is 0 Å². The maximum Gasteiger partial charge on any atom is 0.422 e. The largest absolute Gasteiger partial charge is 0.484 e. The maximum atomic E-state index is 12.5. The summed E-state index contributed by atoms with van der Waals surface area (Å²) in [6.45, 7) is 0.856. The molecule has 30 heavy (non-hydrogen) atoms. The van der Waals surface area contributed by atoms with Gasteiger partial charge in [0.2, 0.25) is 0 Å². The number of nitrogens with one attached hydrogen (secondary N) is 2. The Bertz CT molecular complexity index is 892. The molecule has 0 bridgehead atoms. The molecule has 0 atom stereocenters. The number of guanidine groups is 1. The number of ether oxygens (including phenoxy) is 1. The molecule has 2 aromatic carbocycles. The van der Waals surface area contributed by atoms with Crippen LogP contribution in [-0.2, 0) is 13.1 Å². The van der Waals surface area contributed by atoms with Crippen molar-refractivity contribution < 1.29 is 22.8 Å². The number of nitro benzene ring substituents is 1. The Kier molecular flexibility index (Phi) is 9.82. The highest BCUT2D eigenvalue weighted by atomic mass is 127. The van der Waals surface area contributed by atoms with Crippen LogP contribution in [0.4, 0.5) is 18.9 Å². The van der Waals surface area contributed by atoms with Crippen LogP contribution in [0.15, 0.2) is 47.5 Å². The Hall–Kier alpha value is -2.57. The van der Waals surface area contributed by atoms with Gasteiger partial charge in [0, 0.05) is 37.8 Å². The molecule has 7 nitrogen and oxygen atoms in total. The molecule has 0 amide bonds. The summed E-state index contributed by atoms with van der Waals surface area (Å²) in [7, 11) is 1.54.